The van der Waals surface area contributed by atoms with Crippen LogP contribution in [0.3, 0.4) is 0 Å². The number of hydrogen-bond donors (Lipinski definition) is 2. The van der Waals surface area contributed by atoms with E-state index < -0.39 is 0 Å². The molecule has 264 valence electrons. The number of nitrogens with two attached hydrogens (primary N) is 1. The first-order chi connectivity index (χ1) is 24.6. The Hall–Kier alpha value is -4.37. The van der Waals surface area contributed by atoms with Crippen molar-refractivity contribution in [1.82, 2.24) is 28.7 Å². The van der Waals surface area contributed by atoms with E-state index in [-0.39, 0.29) is 16.9 Å². The lowest BCUT2D eigenvalue weighted by molar-refractivity contribution is 0.100. The molecule has 0 spiro atoms. The van der Waals surface area contributed by atoms with Crippen molar-refractivity contribution in [1.29, 1.82) is 0 Å². The molecule has 0 atom stereocenters. The molecule has 0 saturated carbocycles. The predicted molar refractivity (Wildman–Crippen MR) is 202 cm³/mol. The number of ether oxygens (including phenoxy) is 2. The van der Waals surface area contributed by atoms with Gasteiger partial charge in [-0.05, 0) is 104 Å². The van der Waals surface area contributed by atoms with Crippen molar-refractivity contribution in [3.63, 3.8) is 0 Å². The van der Waals surface area contributed by atoms with E-state index in [1.165, 1.54) is 36.1 Å². The largest absolute Gasteiger partial charge is 0.493 e. The van der Waals surface area contributed by atoms with Gasteiger partial charge in [0, 0.05) is 51.7 Å². The molecule has 0 amide bonds. The van der Waals surface area contributed by atoms with Crippen LogP contribution in [0.15, 0.2) is 70.1 Å². The summed E-state index contributed by atoms with van der Waals surface area (Å²) in [5.41, 5.74) is 12.7. The Labute approximate surface area is 316 Å². The van der Waals surface area contributed by atoms with E-state index >= 15 is 0 Å². The van der Waals surface area contributed by atoms with Crippen LogP contribution in [0.1, 0.15) is 69.9 Å². The second-order valence-electron chi connectivity index (χ2n) is 11.8. The number of anilines is 1. The van der Waals surface area contributed by atoms with Gasteiger partial charge in [0.15, 0.2) is 22.9 Å². The van der Waals surface area contributed by atoms with Crippen molar-refractivity contribution in [3.05, 3.63) is 109 Å². The Bertz CT molecular complexity index is 2190. The SMILES string of the molecule is CC(=O)c1cn2c(Cl)ncc(Br)c2n1.CC(=O)c1cn2c(NCc3cccc4c3CCCO4)ncc(Br)c2n1.NCc1cccc2c1CCCO2. The Morgan fingerprint density at radius 1 is 0.824 bits per heavy atom. The highest BCUT2D eigenvalue weighted by Gasteiger charge is 2.17. The van der Waals surface area contributed by atoms with E-state index in [1.54, 1.807) is 33.6 Å². The maximum absolute atomic E-state index is 11.6. The van der Waals surface area contributed by atoms with Crippen LogP contribution in [-0.2, 0) is 25.9 Å². The van der Waals surface area contributed by atoms with Gasteiger partial charge < -0.3 is 20.5 Å². The van der Waals surface area contributed by atoms with Crippen LogP contribution in [0, 0.1) is 0 Å². The quantitative estimate of drug-likeness (QED) is 0.128. The van der Waals surface area contributed by atoms with Gasteiger partial charge in [0.25, 0.3) is 0 Å². The van der Waals surface area contributed by atoms with Crippen molar-refractivity contribution in [2.45, 2.75) is 52.6 Å². The highest BCUT2D eigenvalue weighted by molar-refractivity contribution is 9.11. The number of nitrogens with zero attached hydrogens (tertiary/aromatic N) is 6. The monoisotopic (exact) mass is 836 g/mol. The summed E-state index contributed by atoms with van der Waals surface area (Å²) in [5, 5.41) is 3.64. The first kappa shape index (κ1) is 36.4. The number of imidazole rings is 2. The van der Waals surface area contributed by atoms with Gasteiger partial charge in [-0.15, -0.1) is 0 Å². The number of hydrogen-bond acceptors (Lipinski definition) is 10. The highest BCUT2D eigenvalue weighted by atomic mass is 79.9. The maximum Gasteiger partial charge on any atom is 0.208 e. The van der Waals surface area contributed by atoms with Crippen molar-refractivity contribution < 1.29 is 19.1 Å². The third kappa shape index (κ3) is 8.25. The normalized spacial score (nSPS) is 13.1. The first-order valence-electron chi connectivity index (χ1n) is 16.3. The van der Waals surface area contributed by atoms with Crippen molar-refractivity contribution in [3.8, 4) is 11.5 Å². The van der Waals surface area contributed by atoms with Crippen LogP contribution in [0.25, 0.3) is 11.3 Å². The Morgan fingerprint density at radius 3 is 1.92 bits per heavy atom. The summed E-state index contributed by atoms with van der Waals surface area (Å²) in [5.74, 6) is 2.48. The Kier molecular flexibility index (Phi) is 11.7. The summed E-state index contributed by atoms with van der Waals surface area (Å²) < 4.78 is 16.0. The fraction of sp³-hybridized carbons (Fsp3) is 0.278. The van der Waals surface area contributed by atoms with E-state index in [2.05, 4.69) is 69.2 Å². The van der Waals surface area contributed by atoms with Crippen LogP contribution >= 0.6 is 43.5 Å². The molecule has 0 saturated heterocycles. The van der Waals surface area contributed by atoms with Gasteiger partial charge in [-0.3, -0.25) is 18.4 Å². The molecule has 15 heteroatoms. The molecular formula is C36H35Br2ClN8O4. The fourth-order valence-electron chi connectivity index (χ4n) is 5.79. The molecule has 0 bridgehead atoms. The molecule has 6 heterocycles. The van der Waals surface area contributed by atoms with Gasteiger partial charge in [-0.1, -0.05) is 24.3 Å². The second kappa shape index (κ2) is 16.3. The fourth-order valence-corrected chi connectivity index (χ4v) is 6.73. The highest BCUT2D eigenvalue weighted by Crippen LogP contribution is 2.29. The molecular weight excluding hydrogens is 804 g/mol. The summed E-state index contributed by atoms with van der Waals surface area (Å²) in [6.45, 7) is 5.84. The number of halogens is 3. The first-order valence-corrected chi connectivity index (χ1v) is 18.3. The molecule has 51 heavy (non-hydrogen) atoms. The molecule has 4 aromatic heterocycles. The predicted octanol–water partition coefficient (Wildman–Crippen LogP) is 7.45. The minimum atomic E-state index is -0.100. The average molecular weight is 839 g/mol. The standard InChI is InChI=1S/C18H17BrN4O2.C10H13NO.C8H5BrClN3O/c1-11(24)15-10-23-17(22-15)14(19)9-21-18(23)20-8-12-4-2-6-16-13(12)5-3-7-25-16;11-7-8-3-1-5-10-9(8)4-2-6-12-10;1-4(14)6-3-13-7(12-6)5(9)2-11-8(13)10/h2,4,6,9-10H,3,5,7-8H2,1H3,(H,20,21);1,3,5H,2,4,6-7,11H2;2-3H,1H3. The number of Topliss-reactive ketones (excluding diaryl/α,β-unsaturated/α-hetero) is 2. The van der Waals surface area contributed by atoms with E-state index in [9.17, 15) is 9.59 Å². The van der Waals surface area contributed by atoms with Crippen LogP contribution in [0.4, 0.5) is 5.95 Å². The number of nitrogens with one attached hydrogen (secondary N) is 1. The lowest BCUT2D eigenvalue weighted by Crippen LogP contribution is -2.13. The second-order valence-corrected chi connectivity index (χ2v) is 13.9. The average Bonchev–Trinajstić information content (AvgIpc) is 3.82. The van der Waals surface area contributed by atoms with Gasteiger partial charge in [0.1, 0.15) is 22.9 Å². The molecule has 2 aliphatic heterocycles. The van der Waals surface area contributed by atoms with Crippen molar-refractivity contribution in [2.75, 3.05) is 18.5 Å². The van der Waals surface area contributed by atoms with Crippen LogP contribution in [-0.4, -0.2) is 53.5 Å². The summed E-state index contributed by atoms with van der Waals surface area (Å²) >= 11 is 12.5. The van der Waals surface area contributed by atoms with Crippen molar-refractivity contribution >= 4 is 72.3 Å². The number of rotatable bonds is 6. The third-order valence-corrected chi connectivity index (χ3v) is 9.74. The molecule has 0 radical (unpaired) electrons. The number of benzene rings is 2. The zero-order valence-corrected chi connectivity index (χ0v) is 31.9. The van der Waals surface area contributed by atoms with Gasteiger partial charge >= 0.3 is 0 Å². The van der Waals surface area contributed by atoms with Gasteiger partial charge in [-0.25, -0.2) is 19.9 Å². The number of fused-ring (bicyclic) bond motifs is 4. The minimum absolute atomic E-state index is 0.0733. The minimum Gasteiger partial charge on any atom is -0.493 e. The molecule has 0 fully saturated rings. The number of ketones is 2. The molecule has 0 aliphatic carbocycles. The van der Waals surface area contributed by atoms with Crippen LogP contribution in [0.5, 0.6) is 11.5 Å². The van der Waals surface area contributed by atoms with E-state index in [0.717, 1.165) is 54.9 Å². The Balaban J connectivity index is 0.000000145. The molecule has 2 aromatic carbocycles. The summed E-state index contributed by atoms with van der Waals surface area (Å²) in [4.78, 5) is 39.5. The summed E-state index contributed by atoms with van der Waals surface area (Å²) in [6.07, 6.45) is 10.8. The molecule has 6 aromatic rings. The van der Waals surface area contributed by atoms with Gasteiger partial charge in [-0.2, -0.15) is 0 Å². The smallest absolute Gasteiger partial charge is 0.208 e. The number of carbonyl (C=O) groups excluding carboxylic acids is 2. The lowest BCUT2D eigenvalue weighted by Gasteiger charge is -2.20. The zero-order valence-electron chi connectivity index (χ0n) is 28.0. The van der Waals surface area contributed by atoms with Crippen LogP contribution in [0.2, 0.25) is 5.28 Å². The summed E-state index contributed by atoms with van der Waals surface area (Å²) in [6, 6.07) is 12.2. The van der Waals surface area contributed by atoms with Gasteiger partial charge in [0.2, 0.25) is 11.2 Å². The zero-order chi connectivity index (χ0) is 36.1. The lowest BCUT2D eigenvalue weighted by atomic mass is 10.00. The molecule has 8 rings (SSSR count). The number of aromatic nitrogens is 6. The van der Waals surface area contributed by atoms with Gasteiger partial charge in [0.05, 0.1) is 22.2 Å². The topological polar surface area (TPSA) is 151 Å². The molecule has 3 N–H and O–H groups in total. The van der Waals surface area contributed by atoms with E-state index in [0.29, 0.717) is 46.2 Å². The third-order valence-electron chi connectivity index (χ3n) is 8.35. The van der Waals surface area contributed by atoms with Crippen molar-refractivity contribution in [2.24, 2.45) is 5.73 Å². The van der Waals surface area contributed by atoms with E-state index in [4.69, 9.17) is 26.8 Å². The molecule has 0 unspecified atom stereocenters. The summed E-state index contributed by atoms with van der Waals surface area (Å²) in [7, 11) is 0. The molecule has 12 nitrogen and oxygen atoms in total. The molecule has 2 aliphatic rings. The van der Waals surface area contributed by atoms with Crippen LogP contribution < -0.4 is 20.5 Å². The van der Waals surface area contributed by atoms with E-state index in [1.807, 2.05) is 24.3 Å². The number of carbonyl (C=O) groups is 2. The Morgan fingerprint density at radius 2 is 1.35 bits per heavy atom. The maximum atomic E-state index is 11.6.